The highest BCUT2D eigenvalue weighted by molar-refractivity contribution is 6.03. The van der Waals surface area contributed by atoms with Crippen molar-refractivity contribution >= 4 is 28.1 Å². The summed E-state index contributed by atoms with van der Waals surface area (Å²) in [5.41, 5.74) is 6.35. The first-order chi connectivity index (χ1) is 11.1. The molecule has 0 spiro atoms. The number of nitrogens with one attached hydrogen (secondary N) is 1. The molecule has 116 valence electrons. The van der Waals surface area contributed by atoms with Gasteiger partial charge in [0.25, 0.3) is 5.71 Å². The molecule has 3 heterocycles. The molecule has 0 fully saturated rings. The molecule has 0 aliphatic carbocycles. The van der Waals surface area contributed by atoms with Crippen LogP contribution in [0.5, 0.6) is 0 Å². The lowest BCUT2D eigenvalue weighted by atomic mass is 10.1. The van der Waals surface area contributed by atoms with Crippen LogP contribution < -0.4 is 5.32 Å². The van der Waals surface area contributed by atoms with Gasteiger partial charge in [-0.3, -0.25) is 0 Å². The number of pyridine rings is 1. The molecule has 0 aliphatic heterocycles. The molecule has 6 nitrogen and oxygen atoms in total. The summed E-state index contributed by atoms with van der Waals surface area (Å²) in [6.07, 6.45) is 1.76. The predicted molar refractivity (Wildman–Crippen MR) is 90.5 cm³/mol. The van der Waals surface area contributed by atoms with Crippen LogP contribution in [0, 0.1) is 13.8 Å². The van der Waals surface area contributed by atoms with Crippen molar-refractivity contribution in [1.82, 2.24) is 19.5 Å². The van der Waals surface area contributed by atoms with E-state index >= 15 is 0 Å². The first-order valence-corrected chi connectivity index (χ1v) is 7.45. The number of fused-ring (bicyclic) bond motifs is 3. The Morgan fingerprint density at radius 1 is 1.09 bits per heavy atom. The fourth-order valence-electron chi connectivity index (χ4n) is 2.75. The van der Waals surface area contributed by atoms with Gasteiger partial charge in [0, 0.05) is 19.7 Å². The molecular weight excluding hydrogens is 290 g/mol. The van der Waals surface area contributed by atoms with Crippen LogP contribution in [0.3, 0.4) is 0 Å². The van der Waals surface area contributed by atoms with E-state index in [9.17, 15) is 0 Å². The van der Waals surface area contributed by atoms with Gasteiger partial charge in [-0.1, -0.05) is 6.07 Å². The summed E-state index contributed by atoms with van der Waals surface area (Å²) in [5.74, 6) is 1.27. The van der Waals surface area contributed by atoms with E-state index in [4.69, 9.17) is 4.42 Å². The molecule has 6 heteroatoms. The van der Waals surface area contributed by atoms with Crippen molar-refractivity contribution in [2.45, 2.75) is 13.8 Å². The third-order valence-electron chi connectivity index (χ3n) is 4.20. The largest absolute Gasteiger partial charge is 0.418 e. The number of nitrogens with zero attached hydrogens (tertiary/aromatic N) is 4. The monoisotopic (exact) mass is 307 g/mol. The van der Waals surface area contributed by atoms with Gasteiger partial charge in [-0.2, -0.15) is 4.98 Å². The summed E-state index contributed by atoms with van der Waals surface area (Å²) in [6, 6.07) is 6.18. The minimum absolute atomic E-state index is 0.513. The molecule has 0 bridgehead atoms. The van der Waals surface area contributed by atoms with Gasteiger partial charge in [-0.25, -0.2) is 9.97 Å². The van der Waals surface area contributed by atoms with Crippen LogP contribution in [0.1, 0.15) is 11.1 Å². The lowest BCUT2D eigenvalue weighted by Gasteiger charge is -2.01. The van der Waals surface area contributed by atoms with E-state index in [0.717, 1.165) is 22.1 Å². The van der Waals surface area contributed by atoms with E-state index < -0.39 is 0 Å². The van der Waals surface area contributed by atoms with E-state index in [-0.39, 0.29) is 0 Å². The Labute approximate surface area is 133 Å². The number of anilines is 1. The van der Waals surface area contributed by atoms with Gasteiger partial charge in [0.1, 0.15) is 11.0 Å². The van der Waals surface area contributed by atoms with E-state index in [2.05, 4.69) is 46.2 Å². The SMILES string of the molecule is CNc1nc2oc(-c3ccc(C)c(C)c3)nc2c2c1ncn2C. The summed E-state index contributed by atoms with van der Waals surface area (Å²) in [4.78, 5) is 13.6. The molecule has 1 N–H and O–H groups in total. The van der Waals surface area contributed by atoms with Crippen molar-refractivity contribution in [2.24, 2.45) is 7.05 Å². The number of hydrogen-bond acceptors (Lipinski definition) is 5. The Kier molecular flexibility index (Phi) is 2.87. The first kappa shape index (κ1) is 13.8. The molecular formula is C17H17N5O. The van der Waals surface area contributed by atoms with Crippen molar-refractivity contribution in [3.63, 3.8) is 0 Å². The fourth-order valence-corrected chi connectivity index (χ4v) is 2.75. The zero-order chi connectivity index (χ0) is 16.1. The Hall–Kier alpha value is -2.89. The molecule has 0 saturated carbocycles. The first-order valence-electron chi connectivity index (χ1n) is 7.45. The van der Waals surface area contributed by atoms with Crippen LogP contribution in [0.4, 0.5) is 5.82 Å². The third kappa shape index (κ3) is 1.98. The number of imidazole rings is 1. The standard InChI is InChI=1S/C17H17N5O/c1-9-5-6-11(7-10(9)2)16-20-13-14-12(19-8-22(14)4)15(18-3)21-17(13)23-16/h5-8H,1-4H3,(H,18,21). The van der Waals surface area contributed by atoms with Crippen LogP contribution >= 0.6 is 0 Å². The topological polar surface area (TPSA) is 68.8 Å². The summed E-state index contributed by atoms with van der Waals surface area (Å²) in [5, 5.41) is 3.07. The summed E-state index contributed by atoms with van der Waals surface area (Å²) in [6.45, 7) is 4.17. The second kappa shape index (κ2) is 4.81. The Morgan fingerprint density at radius 3 is 2.65 bits per heavy atom. The van der Waals surface area contributed by atoms with Crippen molar-refractivity contribution in [3.8, 4) is 11.5 Å². The molecule has 0 radical (unpaired) electrons. The molecule has 1 aromatic carbocycles. The lowest BCUT2D eigenvalue weighted by Crippen LogP contribution is -1.95. The zero-order valence-corrected chi connectivity index (χ0v) is 13.5. The van der Waals surface area contributed by atoms with Crippen LogP contribution in [0.25, 0.3) is 33.7 Å². The fraction of sp³-hybridized carbons (Fsp3) is 0.235. The predicted octanol–water partition coefficient (Wildman–Crippen LogP) is 3.44. The number of hydrogen-bond donors (Lipinski definition) is 1. The van der Waals surface area contributed by atoms with E-state index in [0.29, 0.717) is 17.4 Å². The summed E-state index contributed by atoms with van der Waals surface area (Å²) >= 11 is 0. The van der Waals surface area contributed by atoms with E-state index in [1.165, 1.54) is 11.1 Å². The van der Waals surface area contributed by atoms with Gasteiger partial charge in [-0.15, -0.1) is 0 Å². The van der Waals surface area contributed by atoms with Crippen molar-refractivity contribution in [2.75, 3.05) is 12.4 Å². The van der Waals surface area contributed by atoms with Crippen LogP contribution in [0.2, 0.25) is 0 Å². The molecule has 4 rings (SSSR count). The number of oxazole rings is 1. The molecule has 3 aromatic heterocycles. The van der Waals surface area contributed by atoms with Crippen LogP contribution in [-0.2, 0) is 7.05 Å². The molecule has 0 unspecified atom stereocenters. The van der Waals surface area contributed by atoms with Gasteiger partial charge in [-0.05, 0) is 37.1 Å². The summed E-state index contributed by atoms with van der Waals surface area (Å²) < 4.78 is 7.86. The number of aryl methyl sites for hydroxylation is 3. The van der Waals surface area contributed by atoms with Crippen LogP contribution in [-0.4, -0.2) is 26.6 Å². The van der Waals surface area contributed by atoms with Gasteiger partial charge >= 0.3 is 0 Å². The maximum absolute atomic E-state index is 5.92. The number of benzene rings is 1. The lowest BCUT2D eigenvalue weighted by molar-refractivity contribution is 0.608. The Morgan fingerprint density at radius 2 is 1.91 bits per heavy atom. The van der Waals surface area contributed by atoms with Gasteiger partial charge in [0.15, 0.2) is 11.3 Å². The minimum atomic E-state index is 0.513. The molecule has 0 aliphatic rings. The van der Waals surface area contributed by atoms with E-state index in [1.54, 1.807) is 6.33 Å². The quantitative estimate of drug-likeness (QED) is 0.614. The molecule has 23 heavy (non-hydrogen) atoms. The van der Waals surface area contributed by atoms with Gasteiger partial charge in [0.05, 0.1) is 6.33 Å². The third-order valence-corrected chi connectivity index (χ3v) is 4.20. The summed E-state index contributed by atoms with van der Waals surface area (Å²) in [7, 11) is 3.77. The zero-order valence-electron chi connectivity index (χ0n) is 13.5. The van der Waals surface area contributed by atoms with Crippen molar-refractivity contribution < 1.29 is 4.42 Å². The highest BCUT2D eigenvalue weighted by Crippen LogP contribution is 2.31. The maximum Gasteiger partial charge on any atom is 0.251 e. The highest BCUT2D eigenvalue weighted by Gasteiger charge is 2.18. The maximum atomic E-state index is 5.92. The Bertz CT molecular complexity index is 1040. The van der Waals surface area contributed by atoms with Gasteiger partial charge in [0.2, 0.25) is 5.89 Å². The Balaban J connectivity index is 2.02. The molecule has 0 saturated heterocycles. The molecule has 0 amide bonds. The smallest absolute Gasteiger partial charge is 0.251 e. The number of aromatic nitrogens is 4. The second-order valence-corrected chi connectivity index (χ2v) is 5.73. The van der Waals surface area contributed by atoms with Crippen LogP contribution in [0.15, 0.2) is 28.9 Å². The molecule has 0 atom stereocenters. The highest BCUT2D eigenvalue weighted by atomic mass is 16.4. The normalized spacial score (nSPS) is 11.5. The number of rotatable bonds is 2. The average molecular weight is 307 g/mol. The van der Waals surface area contributed by atoms with E-state index in [1.807, 2.05) is 24.7 Å². The van der Waals surface area contributed by atoms with Crippen molar-refractivity contribution in [1.29, 1.82) is 0 Å². The average Bonchev–Trinajstić information content (AvgIpc) is 3.12. The molecule has 4 aromatic rings. The van der Waals surface area contributed by atoms with Crippen molar-refractivity contribution in [3.05, 3.63) is 35.7 Å². The van der Waals surface area contributed by atoms with Gasteiger partial charge < -0.3 is 14.3 Å². The minimum Gasteiger partial charge on any atom is -0.418 e. The second-order valence-electron chi connectivity index (χ2n) is 5.73.